The number of aromatic nitrogens is 2. The lowest BCUT2D eigenvalue weighted by Gasteiger charge is -2.12. The lowest BCUT2D eigenvalue weighted by atomic mass is 10.2. The number of nitrogens with zero attached hydrogens (tertiary/aromatic N) is 2. The van der Waals surface area contributed by atoms with E-state index >= 15 is 0 Å². The molecule has 0 saturated carbocycles. The van der Waals surface area contributed by atoms with Gasteiger partial charge < -0.3 is 20.1 Å². The van der Waals surface area contributed by atoms with Crippen LogP contribution in [0.25, 0.3) is 0 Å². The second-order valence-corrected chi connectivity index (χ2v) is 5.65. The third-order valence-corrected chi connectivity index (χ3v) is 3.50. The van der Waals surface area contributed by atoms with E-state index in [2.05, 4.69) is 20.6 Å². The molecule has 2 N–H and O–H groups in total. The fraction of sp³-hybridized carbons (Fsp3) is 0.389. The highest BCUT2D eigenvalue weighted by Gasteiger charge is 2.13. The summed E-state index contributed by atoms with van der Waals surface area (Å²) in [6, 6.07) is 7.25. The Hall–Kier alpha value is -2.67. The second-order valence-electron chi connectivity index (χ2n) is 5.65. The van der Waals surface area contributed by atoms with Crippen LogP contribution in [0.5, 0.6) is 5.75 Å². The molecule has 1 heterocycles. The van der Waals surface area contributed by atoms with Crippen LogP contribution < -0.4 is 15.4 Å². The minimum absolute atomic E-state index is 0.297. The smallest absolute Gasteiger partial charge is 0.274 e. The number of carbonyl (C=O) groups is 1. The summed E-state index contributed by atoms with van der Waals surface area (Å²) >= 11 is 0. The number of aryl methyl sites for hydroxylation is 2. The molecule has 0 atom stereocenters. The maximum Gasteiger partial charge on any atom is 0.274 e. The predicted octanol–water partition coefficient (Wildman–Crippen LogP) is 2.80. The van der Waals surface area contributed by atoms with Gasteiger partial charge in [0.05, 0.1) is 12.8 Å². The highest BCUT2D eigenvalue weighted by Crippen LogP contribution is 2.25. The maximum absolute atomic E-state index is 12.6. The lowest BCUT2D eigenvalue weighted by molar-refractivity contribution is 0.102. The Morgan fingerprint density at radius 3 is 2.68 bits per heavy atom. The van der Waals surface area contributed by atoms with Gasteiger partial charge in [-0.2, -0.15) is 0 Å². The molecule has 0 aliphatic carbocycles. The van der Waals surface area contributed by atoms with E-state index in [1.807, 2.05) is 32.0 Å². The first-order valence-electron chi connectivity index (χ1n) is 8.08. The van der Waals surface area contributed by atoms with Crippen molar-refractivity contribution in [2.24, 2.45) is 0 Å². The van der Waals surface area contributed by atoms with Crippen LogP contribution in [0.3, 0.4) is 0 Å². The molecule has 7 nitrogen and oxygen atoms in total. The van der Waals surface area contributed by atoms with Crippen molar-refractivity contribution in [2.75, 3.05) is 38.0 Å². The zero-order valence-corrected chi connectivity index (χ0v) is 15.0. The van der Waals surface area contributed by atoms with Crippen molar-refractivity contribution in [3.05, 3.63) is 41.2 Å². The number of hydrogen-bond acceptors (Lipinski definition) is 6. The molecule has 7 heteroatoms. The average Bonchev–Trinajstić information content (AvgIpc) is 2.58. The quantitative estimate of drug-likeness (QED) is 0.716. The van der Waals surface area contributed by atoms with Gasteiger partial charge in [0.2, 0.25) is 5.95 Å². The standard InChI is InChI=1S/C18H24N4O3/c1-12-6-7-16(25-4)14(10-12)21-17(23)15-11-13(2)20-18(22-15)19-8-5-9-24-3/h6-7,10-11H,5,8-9H2,1-4H3,(H,21,23)(H,19,20,22). The monoisotopic (exact) mass is 344 g/mol. The van der Waals surface area contributed by atoms with E-state index in [4.69, 9.17) is 9.47 Å². The van der Waals surface area contributed by atoms with Crippen molar-refractivity contribution in [3.63, 3.8) is 0 Å². The summed E-state index contributed by atoms with van der Waals surface area (Å²) in [7, 11) is 3.22. The largest absolute Gasteiger partial charge is 0.495 e. The number of rotatable bonds is 8. The Labute approximate surface area is 147 Å². The van der Waals surface area contributed by atoms with Gasteiger partial charge in [0.1, 0.15) is 11.4 Å². The summed E-state index contributed by atoms with van der Waals surface area (Å²) < 4.78 is 10.3. The predicted molar refractivity (Wildman–Crippen MR) is 97.4 cm³/mol. The normalized spacial score (nSPS) is 10.4. The zero-order chi connectivity index (χ0) is 18.2. The summed E-state index contributed by atoms with van der Waals surface area (Å²) in [6.45, 7) is 5.10. The highest BCUT2D eigenvalue weighted by molar-refractivity contribution is 6.04. The minimum Gasteiger partial charge on any atom is -0.495 e. The number of amides is 1. The van der Waals surface area contributed by atoms with E-state index in [9.17, 15) is 4.79 Å². The van der Waals surface area contributed by atoms with Crippen LogP contribution in [-0.2, 0) is 4.74 Å². The van der Waals surface area contributed by atoms with Gasteiger partial charge in [0.25, 0.3) is 5.91 Å². The lowest BCUT2D eigenvalue weighted by Crippen LogP contribution is -2.17. The van der Waals surface area contributed by atoms with Crippen LogP contribution in [0.1, 0.15) is 28.2 Å². The summed E-state index contributed by atoms with van der Waals surface area (Å²) in [6.07, 6.45) is 0.829. The van der Waals surface area contributed by atoms with Gasteiger partial charge >= 0.3 is 0 Å². The fourth-order valence-electron chi connectivity index (χ4n) is 2.29. The van der Waals surface area contributed by atoms with Gasteiger partial charge in [0.15, 0.2) is 0 Å². The molecule has 1 aromatic heterocycles. The van der Waals surface area contributed by atoms with Crippen LogP contribution in [0.2, 0.25) is 0 Å². The van der Waals surface area contributed by atoms with E-state index in [0.29, 0.717) is 41.9 Å². The Morgan fingerprint density at radius 1 is 1.16 bits per heavy atom. The number of ether oxygens (including phenoxy) is 2. The number of anilines is 2. The molecule has 1 amide bonds. The first kappa shape index (κ1) is 18.7. The molecule has 0 spiro atoms. The third kappa shape index (κ3) is 5.42. The van der Waals surface area contributed by atoms with Gasteiger partial charge in [-0.05, 0) is 44.0 Å². The number of nitrogens with one attached hydrogen (secondary N) is 2. The molecule has 1 aromatic carbocycles. The second kappa shape index (κ2) is 8.98. The van der Waals surface area contributed by atoms with Crippen LogP contribution in [-0.4, -0.2) is 43.2 Å². The van der Waals surface area contributed by atoms with Crippen molar-refractivity contribution < 1.29 is 14.3 Å². The SMILES string of the molecule is COCCCNc1nc(C)cc(C(=O)Nc2cc(C)ccc2OC)n1. The van der Waals surface area contributed by atoms with E-state index in [1.165, 1.54) is 0 Å². The summed E-state index contributed by atoms with van der Waals surface area (Å²) in [4.78, 5) is 21.2. The fourth-order valence-corrected chi connectivity index (χ4v) is 2.29. The topological polar surface area (TPSA) is 85.4 Å². The molecule has 0 bridgehead atoms. The Kier molecular flexibility index (Phi) is 6.71. The molecular weight excluding hydrogens is 320 g/mol. The Balaban J connectivity index is 2.13. The number of methoxy groups -OCH3 is 2. The molecule has 25 heavy (non-hydrogen) atoms. The summed E-state index contributed by atoms with van der Waals surface area (Å²) in [5.74, 6) is 0.717. The number of carbonyl (C=O) groups excluding carboxylic acids is 1. The average molecular weight is 344 g/mol. The molecule has 2 aromatic rings. The van der Waals surface area contributed by atoms with Crippen molar-refractivity contribution in [3.8, 4) is 5.75 Å². The molecule has 0 saturated heterocycles. The molecular formula is C18H24N4O3. The van der Waals surface area contributed by atoms with E-state index in [0.717, 1.165) is 12.0 Å². The van der Waals surface area contributed by atoms with Crippen molar-refractivity contribution in [1.82, 2.24) is 9.97 Å². The van der Waals surface area contributed by atoms with E-state index in [1.54, 1.807) is 20.3 Å². The van der Waals surface area contributed by atoms with Crippen molar-refractivity contribution in [1.29, 1.82) is 0 Å². The van der Waals surface area contributed by atoms with Gasteiger partial charge in [-0.1, -0.05) is 6.07 Å². The van der Waals surface area contributed by atoms with Crippen LogP contribution >= 0.6 is 0 Å². The van der Waals surface area contributed by atoms with Gasteiger partial charge in [-0.25, -0.2) is 9.97 Å². The summed E-state index contributed by atoms with van der Waals surface area (Å²) in [5.41, 5.74) is 2.64. The van der Waals surface area contributed by atoms with Crippen LogP contribution in [0, 0.1) is 13.8 Å². The van der Waals surface area contributed by atoms with Gasteiger partial charge in [-0.15, -0.1) is 0 Å². The third-order valence-electron chi connectivity index (χ3n) is 3.50. The highest BCUT2D eigenvalue weighted by atomic mass is 16.5. The Bertz CT molecular complexity index is 734. The van der Waals surface area contributed by atoms with Crippen LogP contribution in [0.4, 0.5) is 11.6 Å². The van der Waals surface area contributed by atoms with Gasteiger partial charge in [-0.3, -0.25) is 4.79 Å². The number of hydrogen-bond donors (Lipinski definition) is 2. The molecule has 0 fully saturated rings. The van der Waals surface area contributed by atoms with E-state index in [-0.39, 0.29) is 5.91 Å². The number of benzene rings is 1. The first-order valence-corrected chi connectivity index (χ1v) is 8.08. The van der Waals surface area contributed by atoms with Crippen molar-refractivity contribution >= 4 is 17.5 Å². The van der Waals surface area contributed by atoms with Crippen LogP contribution in [0.15, 0.2) is 24.3 Å². The van der Waals surface area contributed by atoms with E-state index < -0.39 is 0 Å². The summed E-state index contributed by atoms with van der Waals surface area (Å²) in [5, 5.41) is 5.95. The molecule has 0 aliphatic heterocycles. The molecule has 2 rings (SSSR count). The maximum atomic E-state index is 12.6. The molecule has 0 unspecified atom stereocenters. The molecule has 0 aliphatic rings. The van der Waals surface area contributed by atoms with Crippen molar-refractivity contribution in [2.45, 2.75) is 20.3 Å². The Morgan fingerprint density at radius 2 is 1.96 bits per heavy atom. The minimum atomic E-state index is -0.311. The molecule has 0 radical (unpaired) electrons. The zero-order valence-electron chi connectivity index (χ0n) is 15.0. The first-order chi connectivity index (χ1) is 12.0. The molecule has 134 valence electrons. The van der Waals surface area contributed by atoms with Gasteiger partial charge in [0, 0.05) is 26.0 Å².